The molecule has 13 nitrogen and oxygen atoms in total. The predicted octanol–water partition coefficient (Wildman–Crippen LogP) is -1.70. The van der Waals surface area contributed by atoms with E-state index < -0.39 is 66.2 Å². The number of primary amides is 1. The van der Waals surface area contributed by atoms with Gasteiger partial charge >= 0.3 is 11.9 Å². The van der Waals surface area contributed by atoms with Crippen molar-refractivity contribution in [1.29, 1.82) is 0 Å². The van der Waals surface area contributed by atoms with Gasteiger partial charge in [-0.05, 0) is 24.7 Å². The predicted molar refractivity (Wildman–Crippen MR) is 116 cm³/mol. The van der Waals surface area contributed by atoms with Gasteiger partial charge < -0.3 is 37.6 Å². The quantitative estimate of drug-likeness (QED) is 0.143. The van der Waals surface area contributed by atoms with E-state index in [1.807, 2.05) is 19.2 Å². The number of hydrogen-bond donors (Lipinski definition) is 7. The van der Waals surface area contributed by atoms with Crippen molar-refractivity contribution in [3.05, 3.63) is 0 Å². The van der Waals surface area contributed by atoms with Crippen LogP contribution in [0, 0.1) is 11.8 Å². The van der Waals surface area contributed by atoms with Crippen LogP contribution in [0.5, 0.6) is 0 Å². The summed E-state index contributed by atoms with van der Waals surface area (Å²) in [6, 6.07) is -5.07. The van der Waals surface area contributed by atoms with Gasteiger partial charge in [0.05, 0.1) is 12.5 Å². The normalized spacial score (nSPS) is 14.6. The number of amides is 4. The number of carbonyl (C=O) groups is 6. The summed E-state index contributed by atoms with van der Waals surface area (Å²) < 4.78 is 0. The molecule has 13 heteroatoms. The minimum Gasteiger partial charge on any atom is -0.481 e. The molecule has 4 unspecified atom stereocenters. The van der Waals surface area contributed by atoms with E-state index in [0.29, 0.717) is 0 Å². The monoisotopic (exact) mass is 473 g/mol. The molecule has 0 aliphatic carbocycles. The minimum absolute atomic E-state index is 0.0267. The van der Waals surface area contributed by atoms with E-state index >= 15 is 0 Å². The Morgan fingerprint density at radius 2 is 1.27 bits per heavy atom. The van der Waals surface area contributed by atoms with Crippen LogP contribution in [0.15, 0.2) is 0 Å². The van der Waals surface area contributed by atoms with E-state index in [2.05, 4.69) is 10.6 Å². The maximum Gasteiger partial charge on any atom is 0.326 e. The van der Waals surface area contributed by atoms with Crippen molar-refractivity contribution >= 4 is 35.6 Å². The van der Waals surface area contributed by atoms with Gasteiger partial charge in [0, 0.05) is 6.42 Å². The second-order valence-corrected chi connectivity index (χ2v) is 8.52. The van der Waals surface area contributed by atoms with Crippen LogP contribution in [0.1, 0.15) is 53.4 Å². The highest BCUT2D eigenvalue weighted by Gasteiger charge is 2.31. The Labute approximate surface area is 192 Å². The number of carboxylic acid groups (broad SMARTS) is 2. The van der Waals surface area contributed by atoms with Crippen molar-refractivity contribution in [2.24, 2.45) is 23.3 Å². The largest absolute Gasteiger partial charge is 0.481 e. The number of nitrogens with one attached hydrogen (secondary N) is 3. The first kappa shape index (κ1) is 29.8. The Bertz CT molecular complexity index is 740. The molecule has 0 spiro atoms. The maximum absolute atomic E-state index is 12.9. The molecule has 188 valence electrons. The average Bonchev–Trinajstić information content (AvgIpc) is 2.67. The van der Waals surface area contributed by atoms with Crippen molar-refractivity contribution in [2.75, 3.05) is 0 Å². The molecule has 33 heavy (non-hydrogen) atoms. The first-order valence-electron chi connectivity index (χ1n) is 10.5. The highest BCUT2D eigenvalue weighted by molar-refractivity contribution is 5.94. The molecule has 9 N–H and O–H groups in total. The lowest BCUT2D eigenvalue weighted by atomic mass is 10.00. The van der Waals surface area contributed by atoms with Gasteiger partial charge in [0.2, 0.25) is 23.6 Å². The van der Waals surface area contributed by atoms with Crippen LogP contribution in [0.4, 0.5) is 0 Å². The SMILES string of the molecule is CC(C)CC(NC(=O)C(N)C(C)C)C(=O)NC(CCC(N)=O)C(=O)NC(CC(=O)O)C(=O)O. The Morgan fingerprint density at radius 3 is 1.70 bits per heavy atom. The first-order chi connectivity index (χ1) is 15.1. The molecule has 4 atom stereocenters. The van der Waals surface area contributed by atoms with Crippen molar-refractivity contribution in [3.63, 3.8) is 0 Å². The molecular weight excluding hydrogens is 438 g/mol. The number of rotatable bonds is 15. The molecule has 0 aromatic rings. The van der Waals surface area contributed by atoms with Crippen molar-refractivity contribution in [2.45, 2.75) is 77.5 Å². The van der Waals surface area contributed by atoms with Crippen LogP contribution in [-0.4, -0.2) is 69.9 Å². The molecule has 0 heterocycles. The molecule has 0 aromatic heterocycles. The van der Waals surface area contributed by atoms with E-state index in [9.17, 15) is 28.8 Å². The van der Waals surface area contributed by atoms with Crippen LogP contribution in [0.25, 0.3) is 0 Å². The molecule has 0 radical (unpaired) electrons. The molecule has 0 aromatic carbocycles. The van der Waals surface area contributed by atoms with E-state index in [1.165, 1.54) is 0 Å². The van der Waals surface area contributed by atoms with Gasteiger partial charge in [-0.3, -0.25) is 24.0 Å². The Balaban J connectivity index is 5.61. The summed E-state index contributed by atoms with van der Waals surface area (Å²) in [5, 5.41) is 25.0. The molecule has 0 aliphatic rings. The zero-order valence-corrected chi connectivity index (χ0v) is 19.3. The number of hydrogen-bond acceptors (Lipinski definition) is 7. The molecule has 0 saturated carbocycles. The van der Waals surface area contributed by atoms with Gasteiger partial charge in [-0.15, -0.1) is 0 Å². The topological polar surface area (TPSA) is 231 Å². The van der Waals surface area contributed by atoms with E-state index in [-0.39, 0.29) is 31.1 Å². The first-order valence-corrected chi connectivity index (χ1v) is 10.5. The summed E-state index contributed by atoms with van der Waals surface area (Å²) in [7, 11) is 0. The lowest BCUT2D eigenvalue weighted by Gasteiger charge is -2.26. The molecule has 0 aliphatic heterocycles. The number of carbonyl (C=O) groups excluding carboxylic acids is 4. The summed E-state index contributed by atoms with van der Waals surface area (Å²) in [6.45, 7) is 7.11. The highest BCUT2D eigenvalue weighted by atomic mass is 16.4. The summed E-state index contributed by atoms with van der Waals surface area (Å²) in [5.41, 5.74) is 10.9. The zero-order chi connectivity index (χ0) is 25.9. The third-order valence-electron chi connectivity index (χ3n) is 4.67. The third-order valence-corrected chi connectivity index (χ3v) is 4.67. The Kier molecular flexibility index (Phi) is 12.7. The Hall–Kier alpha value is -3.22. The zero-order valence-electron chi connectivity index (χ0n) is 19.3. The summed E-state index contributed by atoms with van der Waals surface area (Å²) >= 11 is 0. The molecule has 0 bridgehead atoms. The third kappa shape index (κ3) is 11.8. The van der Waals surface area contributed by atoms with Crippen LogP contribution < -0.4 is 27.4 Å². The maximum atomic E-state index is 12.9. The van der Waals surface area contributed by atoms with Crippen LogP contribution >= 0.6 is 0 Å². The second kappa shape index (κ2) is 14.0. The van der Waals surface area contributed by atoms with Gasteiger partial charge in [-0.25, -0.2) is 4.79 Å². The number of nitrogens with two attached hydrogens (primary N) is 2. The van der Waals surface area contributed by atoms with E-state index in [1.54, 1.807) is 13.8 Å². The van der Waals surface area contributed by atoms with Gasteiger partial charge in [0.15, 0.2) is 0 Å². The number of carboxylic acids is 2. The average molecular weight is 474 g/mol. The lowest BCUT2D eigenvalue weighted by molar-refractivity contribution is -0.147. The van der Waals surface area contributed by atoms with Gasteiger partial charge in [0.1, 0.15) is 18.1 Å². The second-order valence-electron chi connectivity index (χ2n) is 8.52. The molecule has 4 amide bonds. The van der Waals surface area contributed by atoms with Crippen molar-refractivity contribution < 1.29 is 39.0 Å². The molecule has 0 saturated heterocycles. The van der Waals surface area contributed by atoms with E-state index in [0.717, 1.165) is 0 Å². The van der Waals surface area contributed by atoms with Crippen molar-refractivity contribution in [3.8, 4) is 0 Å². The standard InChI is InChI=1S/C20H35N5O8/c1-9(2)7-12(24-19(31)16(22)10(3)4)18(30)23-11(5-6-14(21)26)17(29)25-13(20(32)33)8-15(27)28/h9-13,16H,5-8,22H2,1-4H3,(H2,21,26)(H,23,30)(H,24,31)(H,25,29)(H,27,28)(H,32,33). The fourth-order valence-corrected chi connectivity index (χ4v) is 2.75. The van der Waals surface area contributed by atoms with Crippen LogP contribution in [-0.2, 0) is 28.8 Å². The molecular formula is C20H35N5O8. The Morgan fingerprint density at radius 1 is 0.788 bits per heavy atom. The lowest BCUT2D eigenvalue weighted by Crippen LogP contribution is -2.58. The van der Waals surface area contributed by atoms with Gasteiger partial charge in [-0.1, -0.05) is 27.7 Å². The van der Waals surface area contributed by atoms with E-state index in [4.69, 9.17) is 21.7 Å². The summed E-state index contributed by atoms with van der Waals surface area (Å²) in [4.78, 5) is 71.2. The van der Waals surface area contributed by atoms with Crippen molar-refractivity contribution in [1.82, 2.24) is 16.0 Å². The van der Waals surface area contributed by atoms with Gasteiger partial charge in [-0.2, -0.15) is 0 Å². The highest BCUT2D eigenvalue weighted by Crippen LogP contribution is 2.09. The van der Waals surface area contributed by atoms with Crippen LogP contribution in [0.2, 0.25) is 0 Å². The minimum atomic E-state index is -1.75. The van der Waals surface area contributed by atoms with Gasteiger partial charge in [0.25, 0.3) is 0 Å². The number of aliphatic carboxylic acids is 2. The van der Waals surface area contributed by atoms with Crippen LogP contribution in [0.3, 0.4) is 0 Å². The molecule has 0 fully saturated rings. The summed E-state index contributed by atoms with van der Waals surface area (Å²) in [6.07, 6.45) is -1.26. The fourth-order valence-electron chi connectivity index (χ4n) is 2.75. The smallest absolute Gasteiger partial charge is 0.326 e. The summed E-state index contributed by atoms with van der Waals surface area (Å²) in [5.74, 6) is -6.34. The fraction of sp³-hybridized carbons (Fsp3) is 0.700. The molecule has 0 rings (SSSR count).